The van der Waals surface area contributed by atoms with E-state index in [-0.39, 0.29) is 83.7 Å². The van der Waals surface area contributed by atoms with Crippen LogP contribution in [-0.4, -0.2) is 31.7 Å². The van der Waals surface area contributed by atoms with Gasteiger partial charge in [0.05, 0.1) is 37.3 Å². The summed E-state index contributed by atoms with van der Waals surface area (Å²) in [6.45, 7) is 5.23. The Morgan fingerprint density at radius 1 is 0.905 bits per heavy atom. The van der Waals surface area contributed by atoms with Crippen LogP contribution in [0.25, 0.3) is 0 Å². The van der Waals surface area contributed by atoms with E-state index in [0.717, 1.165) is 45.8 Å². The van der Waals surface area contributed by atoms with Crippen molar-refractivity contribution in [3.63, 3.8) is 0 Å². The van der Waals surface area contributed by atoms with Gasteiger partial charge in [0, 0.05) is 85.8 Å². The molecule has 0 bridgehead atoms. The van der Waals surface area contributed by atoms with Crippen LogP contribution in [0, 0.1) is 0 Å². The second-order valence-corrected chi connectivity index (χ2v) is 23.7. The number of ether oxygens (including phenoxy) is 3. The van der Waals surface area contributed by atoms with Crippen molar-refractivity contribution in [3.8, 4) is 17.2 Å². The molecule has 1 unspecified atom stereocenters. The predicted molar refractivity (Wildman–Crippen MR) is 261 cm³/mol. The number of nitrogens with two attached hydrogens (primary N) is 2. The van der Waals surface area contributed by atoms with Gasteiger partial charge in [0.25, 0.3) is 0 Å². The second-order valence-electron chi connectivity index (χ2n) is 5.89. The number of hydrogen-bond acceptors (Lipinski definition) is 8. The Morgan fingerprint density at radius 3 is 1.76 bits per heavy atom. The average Bonchev–Trinajstić information content (AvgIpc) is 2.90. The van der Waals surface area contributed by atoms with Crippen molar-refractivity contribution in [1.82, 2.24) is 0 Å². The van der Waals surface area contributed by atoms with Crippen molar-refractivity contribution >= 4 is 188 Å². The maximum absolute atomic E-state index is 5.73. The molecular formula is C24H47BrI9N2O5S-. The number of para-hydroxylation sites is 2. The molecule has 1 atom stereocenters. The molecule has 0 amide bonds. The summed E-state index contributed by atoms with van der Waals surface area (Å²) in [5.74, 6) is 7.11. The maximum atomic E-state index is 5.73. The molecule has 0 aliphatic carbocycles. The topological polar surface area (TPSA) is 98.2 Å². The number of hydrogen-bond donors (Lipinski definition) is 2. The third-order valence-electron chi connectivity index (χ3n) is 3.43. The van der Waals surface area contributed by atoms with E-state index in [2.05, 4.69) is 137 Å². The molecule has 7 nitrogen and oxygen atoms in total. The molecule has 0 saturated carbocycles. The van der Waals surface area contributed by atoms with E-state index in [1.165, 1.54) is 0 Å². The Bertz CT molecular complexity index is 754. The second kappa shape index (κ2) is 55.5. The summed E-state index contributed by atoms with van der Waals surface area (Å²) < 4.78 is 20.6. The summed E-state index contributed by atoms with van der Waals surface area (Å²) in [4.78, 5) is 4.85. The third kappa shape index (κ3) is 41.3. The van der Waals surface area contributed by atoms with E-state index < -0.39 is 0 Å². The van der Waals surface area contributed by atoms with Crippen molar-refractivity contribution in [3.05, 3.63) is 48.0 Å². The minimum absolute atomic E-state index is 0. The van der Waals surface area contributed by atoms with E-state index in [1.807, 2.05) is 56.3 Å². The van der Waals surface area contributed by atoms with Crippen LogP contribution in [0.15, 0.2) is 47.4 Å². The summed E-state index contributed by atoms with van der Waals surface area (Å²) in [5, 5.41) is 0.827. The molecule has 260 valence electrons. The molecule has 0 saturated heterocycles. The zero-order chi connectivity index (χ0) is 28.2. The van der Waals surface area contributed by atoms with Crippen molar-refractivity contribution in [2.45, 2.75) is 60.9 Å². The van der Waals surface area contributed by atoms with E-state index in [4.69, 9.17) is 25.8 Å². The minimum atomic E-state index is 0. The zero-order valence-corrected chi connectivity index (χ0v) is 42.6. The molecule has 0 aliphatic heterocycles. The third-order valence-corrected chi connectivity index (χ3v) is 4.40. The fraction of sp³-hybridized carbons (Fsp3) is 0.500. The Balaban J connectivity index is -0.0000000549. The Labute approximate surface area is 380 Å². The van der Waals surface area contributed by atoms with Crippen LogP contribution < -0.4 is 39.1 Å². The van der Waals surface area contributed by atoms with E-state index in [0.29, 0.717) is 32.2 Å². The van der Waals surface area contributed by atoms with Gasteiger partial charge in [-0.25, -0.2) is 0 Å². The standard InChI is InChI=1S/C10H13BrO2.C10H16N2O3S.4CH4.I3.2I2.2HI/c1-2-12-9-5-3-4-6-10(9)13-8-7-11;1-7(11)5-8-3-4-9(13-2)10(6-8)16-15-14-12;;;;;1-3-2;2*1-2;;/h3-6H,2,7-8H2,1H3;3-4,6-7H,5,11-12H2,1-2H3;4*1H4;;;;2*1H/q;;;;;;-1;;;;. The van der Waals surface area contributed by atoms with Gasteiger partial charge in [0.1, 0.15) is 5.75 Å². The predicted octanol–water partition coefficient (Wildman–Crippen LogP) is 10.4. The summed E-state index contributed by atoms with van der Waals surface area (Å²) >= 11 is 18.1. The van der Waals surface area contributed by atoms with Crippen LogP contribution in [0.1, 0.15) is 49.1 Å². The molecule has 0 fully saturated rings. The fourth-order valence-electron chi connectivity index (χ4n) is 2.33. The summed E-state index contributed by atoms with van der Waals surface area (Å²) in [5.41, 5.74) is 6.84. The normalized spacial score (nSPS) is 8.57. The van der Waals surface area contributed by atoms with Crippen LogP contribution in [0.2, 0.25) is 0 Å². The monoisotopic (exact) mass is 1700 g/mol. The molecule has 42 heavy (non-hydrogen) atoms. The first-order valence-electron chi connectivity index (χ1n) is 9.65. The summed E-state index contributed by atoms with van der Waals surface area (Å²) in [6, 6.07) is 13.6. The number of rotatable bonds is 11. The molecule has 2 aromatic rings. The number of methoxy groups -OCH3 is 1. The number of halogens is 10. The van der Waals surface area contributed by atoms with Gasteiger partial charge in [-0.1, -0.05) is 63.8 Å². The van der Waals surface area contributed by atoms with Crippen molar-refractivity contribution < 1.29 is 36.8 Å². The average molecular weight is 1700 g/mol. The summed E-state index contributed by atoms with van der Waals surface area (Å²) in [7, 11) is 1.59. The van der Waals surface area contributed by atoms with Gasteiger partial charge in [-0.2, -0.15) is 5.90 Å². The van der Waals surface area contributed by atoms with Gasteiger partial charge in [-0.15, -0.1) is 57.3 Å². The fourth-order valence-corrected chi connectivity index (χ4v) is 3.04. The summed E-state index contributed by atoms with van der Waals surface area (Å²) in [6.07, 6.45) is 0.793. The van der Waals surface area contributed by atoms with E-state index in [1.54, 1.807) is 7.11 Å². The first kappa shape index (κ1) is 68.9. The number of alkyl halides is 1. The van der Waals surface area contributed by atoms with Gasteiger partial charge >= 0.3 is 50.5 Å². The van der Waals surface area contributed by atoms with Gasteiger partial charge < -0.3 is 19.9 Å². The van der Waals surface area contributed by atoms with Gasteiger partial charge in [-0.05, 0) is 50.1 Å². The number of benzene rings is 2. The van der Waals surface area contributed by atoms with Crippen LogP contribution in [0.3, 0.4) is 0 Å². The molecule has 2 aromatic carbocycles. The Kier molecular flexibility index (Phi) is 91.1. The van der Waals surface area contributed by atoms with Crippen molar-refractivity contribution in [2.24, 2.45) is 11.6 Å². The molecule has 4 N–H and O–H groups in total. The molecule has 0 radical (unpaired) electrons. The van der Waals surface area contributed by atoms with Gasteiger partial charge in [-0.3, -0.25) is 0 Å². The van der Waals surface area contributed by atoms with Crippen molar-refractivity contribution in [2.75, 3.05) is 25.7 Å². The Morgan fingerprint density at radius 2 is 1.38 bits per heavy atom. The molecule has 0 spiro atoms. The first-order chi connectivity index (χ1) is 17.5. The van der Waals surface area contributed by atoms with Crippen LogP contribution in [0.4, 0.5) is 0 Å². The molecule has 0 aliphatic rings. The van der Waals surface area contributed by atoms with Crippen LogP contribution >= 0.6 is 188 Å². The molecule has 2 rings (SSSR count). The van der Waals surface area contributed by atoms with Gasteiger partial charge in [0.15, 0.2) is 11.5 Å². The van der Waals surface area contributed by atoms with E-state index >= 15 is 0 Å². The SMILES string of the molecule is C.C.C.C.CCOc1ccccc1OCCBr.COc1ccc(CC(C)N)cc1SOON.I.I.II.II.I[I-]I. The molecule has 18 heteroatoms. The quantitative estimate of drug-likeness (QED) is 0.0755. The van der Waals surface area contributed by atoms with E-state index in [9.17, 15) is 0 Å². The van der Waals surface area contributed by atoms with Crippen LogP contribution in [0.5, 0.6) is 17.2 Å². The molecular weight excluding hydrogens is 1650 g/mol. The van der Waals surface area contributed by atoms with Crippen LogP contribution in [-0.2, 0) is 15.7 Å². The first-order valence-corrected chi connectivity index (χ1v) is 36.7. The molecule has 0 heterocycles. The Hall–Kier alpha value is 5.08. The zero-order valence-electron chi connectivity index (χ0n) is 20.4. The van der Waals surface area contributed by atoms with Gasteiger partial charge in [0.2, 0.25) is 0 Å². The van der Waals surface area contributed by atoms with Crippen molar-refractivity contribution in [1.29, 1.82) is 0 Å². The molecule has 0 aromatic heterocycles.